The molecule has 0 aliphatic carbocycles. The molecule has 0 fully saturated rings. The molecule has 11 heavy (non-hydrogen) atoms. The van der Waals surface area contributed by atoms with Gasteiger partial charge in [0.25, 0.3) is 0 Å². The highest BCUT2D eigenvalue weighted by Gasteiger charge is 1.98. The summed E-state index contributed by atoms with van der Waals surface area (Å²) in [4.78, 5) is 7.08. The third-order valence-corrected chi connectivity index (χ3v) is 1.56. The van der Waals surface area contributed by atoms with Gasteiger partial charge in [-0.3, -0.25) is 0 Å². The average Bonchev–Trinajstić information content (AvgIpc) is 2.27. The molecule has 0 spiro atoms. The zero-order valence-corrected chi connectivity index (χ0v) is 6.06. The van der Waals surface area contributed by atoms with E-state index in [1.807, 2.05) is 6.92 Å². The van der Waals surface area contributed by atoms with Crippen LogP contribution in [0.3, 0.4) is 0 Å². The molecular weight excluding hydrogens is 143 g/mol. The second kappa shape index (κ2) is 2.05. The lowest BCUT2D eigenvalue weighted by molar-refractivity contribution is 0.629. The van der Waals surface area contributed by atoms with E-state index in [1.54, 1.807) is 6.07 Å². The number of aromatic nitrogens is 2. The van der Waals surface area contributed by atoms with Gasteiger partial charge in [-0.15, -0.1) is 0 Å². The zero-order valence-electron chi connectivity index (χ0n) is 6.06. The number of hydrogen-bond acceptors (Lipinski definition) is 1. The molecule has 2 nitrogen and oxygen atoms in total. The first-order valence-corrected chi connectivity index (χ1v) is 3.37. The predicted octanol–water partition coefficient (Wildman–Crippen LogP) is 2.26. The Hall–Kier alpha value is -1.38. The largest absolute Gasteiger partial charge is 0.342 e. The second-order valence-corrected chi connectivity index (χ2v) is 2.48. The molecule has 0 aliphatic rings. The normalized spacial score (nSPS) is 10.7. The van der Waals surface area contributed by atoms with E-state index in [-0.39, 0.29) is 7.24 Å². The van der Waals surface area contributed by atoms with Gasteiger partial charge >= 0.3 is 0 Å². The number of H-pyrrole nitrogens is 1. The van der Waals surface area contributed by atoms with Crippen LogP contribution < -0.4 is 0 Å². The van der Waals surface area contributed by atoms with Gasteiger partial charge in [0.1, 0.15) is 11.6 Å². The molecule has 58 valence electrons. The van der Waals surface area contributed by atoms with Crippen LogP contribution in [0.2, 0.25) is 0 Å². The van der Waals surface area contributed by atoms with E-state index < -0.39 is 0 Å². The highest BCUT2D eigenvalue weighted by molar-refractivity contribution is 5.74. The summed E-state index contributed by atoms with van der Waals surface area (Å²) < 4.78 is 12.6. The fraction of sp³-hybridized carbons (Fsp3) is 0.125. The number of nitrogens with zero attached hydrogens (tertiary/aromatic N) is 1. The monoisotopic (exact) mass is 152 g/mol. The number of fused-ring (bicyclic) bond motifs is 1. The minimum absolute atomic E-state index is 0. The molecule has 2 aromatic rings. The molecule has 0 radical (unpaired) electrons. The molecule has 0 bridgehead atoms. The molecule has 2 rings (SSSR count). The van der Waals surface area contributed by atoms with Crippen molar-refractivity contribution in [3.8, 4) is 0 Å². The summed E-state index contributed by atoms with van der Waals surface area (Å²) in [5.74, 6) is 0.576. The molecule has 1 N–H and O–H groups in total. The Labute approximate surface area is 64.6 Å². The molecule has 1 aromatic heterocycles. The number of benzene rings is 1. The van der Waals surface area contributed by atoms with Crippen molar-refractivity contribution in [3.05, 3.63) is 29.8 Å². The summed E-state index contributed by atoms with van der Waals surface area (Å²) in [7, 11) is 0. The number of aromatic amines is 1. The summed E-state index contributed by atoms with van der Waals surface area (Å²) in [6.07, 6.45) is 0. The van der Waals surface area contributed by atoms with Crippen LogP contribution in [0.5, 0.6) is 0 Å². The lowest BCUT2D eigenvalue weighted by Gasteiger charge is -1.86. The first kappa shape index (κ1) is 6.34. The van der Waals surface area contributed by atoms with E-state index >= 15 is 0 Å². The van der Waals surface area contributed by atoms with Crippen LogP contribution in [-0.4, -0.2) is 9.97 Å². The maximum absolute atomic E-state index is 12.6. The van der Waals surface area contributed by atoms with E-state index in [4.69, 9.17) is 0 Å². The van der Waals surface area contributed by atoms with E-state index in [1.165, 1.54) is 12.1 Å². The highest BCUT2D eigenvalue weighted by atomic mass is 19.1. The molecule has 0 saturated carbocycles. The number of nitrogens with one attached hydrogen (secondary N) is 1. The number of rotatable bonds is 0. The van der Waals surface area contributed by atoms with Crippen LogP contribution in [-0.2, 0) is 0 Å². The van der Waals surface area contributed by atoms with Crippen molar-refractivity contribution in [1.29, 1.82) is 0 Å². The predicted molar refractivity (Wildman–Crippen MR) is 42.9 cm³/mol. The second-order valence-electron chi connectivity index (χ2n) is 2.48. The number of hydrogen-bond donors (Lipinski definition) is 1. The van der Waals surface area contributed by atoms with Crippen molar-refractivity contribution in [3.63, 3.8) is 0 Å². The summed E-state index contributed by atoms with van der Waals surface area (Å²) >= 11 is 0. The van der Waals surface area contributed by atoms with Crippen molar-refractivity contribution in [1.82, 2.24) is 9.97 Å². The molecule has 0 atom stereocenters. The van der Waals surface area contributed by atoms with Gasteiger partial charge in [0.2, 0.25) is 0 Å². The number of imidazole rings is 1. The Kier molecular flexibility index (Phi) is 1.18. The standard InChI is InChI=1S/C8H7FN2.H2/c1-5-10-7-3-2-6(9)4-8(7)11-5;/h2-4H,1H3,(H,10,11);1H. The van der Waals surface area contributed by atoms with Crippen LogP contribution in [0.15, 0.2) is 18.2 Å². The van der Waals surface area contributed by atoms with Gasteiger partial charge in [-0.05, 0) is 25.1 Å². The van der Waals surface area contributed by atoms with Crippen LogP contribution in [0.4, 0.5) is 4.39 Å². The first-order valence-electron chi connectivity index (χ1n) is 3.37. The first-order chi connectivity index (χ1) is 5.25. The van der Waals surface area contributed by atoms with Crippen LogP contribution in [0, 0.1) is 12.7 Å². The van der Waals surface area contributed by atoms with Gasteiger partial charge in [0.05, 0.1) is 11.0 Å². The van der Waals surface area contributed by atoms with Crippen molar-refractivity contribution in [2.24, 2.45) is 0 Å². The Morgan fingerprint density at radius 3 is 3.18 bits per heavy atom. The third kappa shape index (κ3) is 0.981. The maximum Gasteiger partial charge on any atom is 0.125 e. The van der Waals surface area contributed by atoms with Crippen LogP contribution in [0.1, 0.15) is 7.25 Å². The van der Waals surface area contributed by atoms with Gasteiger partial charge < -0.3 is 4.98 Å². The molecule has 1 heterocycles. The lowest BCUT2D eigenvalue weighted by Crippen LogP contribution is -1.72. The molecule has 0 aliphatic heterocycles. The Bertz CT molecular complexity index is 397. The van der Waals surface area contributed by atoms with E-state index in [0.29, 0.717) is 0 Å². The molecular formula is C8H9FN2. The van der Waals surface area contributed by atoms with Gasteiger partial charge in [-0.2, -0.15) is 0 Å². The molecule has 0 unspecified atom stereocenters. The number of aryl methyl sites for hydroxylation is 1. The fourth-order valence-corrected chi connectivity index (χ4v) is 1.11. The highest BCUT2D eigenvalue weighted by Crippen LogP contribution is 2.11. The lowest BCUT2D eigenvalue weighted by atomic mass is 10.3. The quantitative estimate of drug-likeness (QED) is 0.616. The Morgan fingerprint density at radius 1 is 1.55 bits per heavy atom. The minimum atomic E-state index is -0.235. The third-order valence-electron chi connectivity index (χ3n) is 1.56. The summed E-state index contributed by atoms with van der Waals surface area (Å²) in [6, 6.07) is 4.51. The molecule has 1 aromatic carbocycles. The fourth-order valence-electron chi connectivity index (χ4n) is 1.11. The van der Waals surface area contributed by atoms with Crippen molar-refractivity contribution in [2.45, 2.75) is 6.92 Å². The maximum atomic E-state index is 12.6. The Morgan fingerprint density at radius 2 is 2.36 bits per heavy atom. The molecule has 3 heteroatoms. The van der Waals surface area contributed by atoms with Gasteiger partial charge in [0, 0.05) is 1.43 Å². The van der Waals surface area contributed by atoms with Crippen molar-refractivity contribution >= 4 is 11.0 Å². The summed E-state index contributed by atoms with van der Waals surface area (Å²) in [5.41, 5.74) is 1.56. The van der Waals surface area contributed by atoms with Crippen molar-refractivity contribution < 1.29 is 5.82 Å². The van der Waals surface area contributed by atoms with E-state index in [9.17, 15) is 4.39 Å². The molecule has 0 amide bonds. The SMILES string of the molecule is Cc1nc2ccc(F)cc2[nH]1.[HH]. The zero-order chi connectivity index (χ0) is 7.84. The summed E-state index contributed by atoms with van der Waals surface area (Å²) in [6.45, 7) is 1.85. The Balaban J connectivity index is 0.000000720. The van der Waals surface area contributed by atoms with Crippen LogP contribution >= 0.6 is 0 Å². The van der Waals surface area contributed by atoms with Gasteiger partial charge in [-0.25, -0.2) is 9.37 Å². The van der Waals surface area contributed by atoms with Gasteiger partial charge in [0.15, 0.2) is 0 Å². The topological polar surface area (TPSA) is 28.7 Å². The van der Waals surface area contributed by atoms with E-state index in [0.717, 1.165) is 16.9 Å². The van der Waals surface area contributed by atoms with Gasteiger partial charge in [-0.1, -0.05) is 0 Å². The van der Waals surface area contributed by atoms with E-state index in [2.05, 4.69) is 9.97 Å². The summed E-state index contributed by atoms with van der Waals surface area (Å²) in [5, 5.41) is 0. The van der Waals surface area contributed by atoms with Crippen LogP contribution in [0.25, 0.3) is 11.0 Å². The van der Waals surface area contributed by atoms with Crippen molar-refractivity contribution in [2.75, 3.05) is 0 Å². The smallest absolute Gasteiger partial charge is 0.125 e. The average molecular weight is 152 g/mol. The number of halogens is 1. The minimum Gasteiger partial charge on any atom is -0.342 e. The molecule has 0 saturated heterocycles.